The van der Waals surface area contributed by atoms with Crippen LogP contribution in [0.4, 0.5) is 17.6 Å². The summed E-state index contributed by atoms with van der Waals surface area (Å²) in [5.74, 6) is -2.16. The van der Waals surface area contributed by atoms with E-state index in [2.05, 4.69) is 10.3 Å². The number of alkyl halides is 4. The van der Waals surface area contributed by atoms with E-state index in [1.54, 1.807) is 29.1 Å². The number of rotatable bonds is 13. The minimum absolute atomic E-state index is 0.0577. The van der Waals surface area contributed by atoms with Gasteiger partial charge in [-0.25, -0.2) is 4.98 Å². The molecule has 0 saturated carbocycles. The van der Waals surface area contributed by atoms with Gasteiger partial charge in [0, 0.05) is 62.0 Å². The number of amides is 1. The number of likely N-dealkylation sites (tertiary alicyclic amines) is 1. The highest BCUT2D eigenvalue weighted by molar-refractivity contribution is 5.84. The molecule has 1 aromatic carbocycles. The number of aryl methyl sites for hydroxylation is 2. The van der Waals surface area contributed by atoms with Gasteiger partial charge in [-0.2, -0.15) is 13.2 Å². The lowest BCUT2D eigenvalue weighted by atomic mass is 9.93. The van der Waals surface area contributed by atoms with E-state index >= 15 is 0 Å². The highest BCUT2D eigenvalue weighted by Crippen LogP contribution is 2.35. The number of carboxylic acid groups (broad SMARTS) is 1. The van der Waals surface area contributed by atoms with Crippen molar-refractivity contribution in [2.24, 2.45) is 11.8 Å². The van der Waals surface area contributed by atoms with Crippen molar-refractivity contribution in [1.29, 1.82) is 0 Å². The number of halogens is 4. The normalized spacial score (nSPS) is 15.4. The zero-order valence-corrected chi connectivity index (χ0v) is 27.9. The molecular weight excluding hydrogens is 642 g/mol. The van der Waals surface area contributed by atoms with Crippen LogP contribution >= 0.6 is 0 Å². The fourth-order valence-electron chi connectivity index (χ4n) is 6.69. The minimum Gasteiger partial charge on any atom is -0.481 e. The maximum absolute atomic E-state index is 14.1. The van der Waals surface area contributed by atoms with Gasteiger partial charge in [-0.3, -0.25) is 18.8 Å². The smallest absolute Gasteiger partial charge is 0.416 e. The van der Waals surface area contributed by atoms with Crippen LogP contribution in [0.25, 0.3) is 16.8 Å². The number of aromatic nitrogens is 3. The minimum atomic E-state index is -4.80. The molecule has 2 atom stereocenters. The topological polar surface area (TPSA) is 109 Å². The van der Waals surface area contributed by atoms with Crippen molar-refractivity contribution in [2.75, 3.05) is 26.3 Å². The van der Waals surface area contributed by atoms with Gasteiger partial charge in [-0.1, -0.05) is 32.0 Å². The largest absolute Gasteiger partial charge is 0.481 e. The van der Waals surface area contributed by atoms with Crippen LogP contribution < -0.4 is 10.9 Å². The fourth-order valence-corrected chi connectivity index (χ4v) is 6.69. The summed E-state index contributed by atoms with van der Waals surface area (Å²) in [6.45, 7) is 8.18. The first-order valence-corrected chi connectivity index (χ1v) is 16.3. The average molecular weight is 684 g/mol. The Morgan fingerprint density at radius 2 is 1.80 bits per heavy atom. The van der Waals surface area contributed by atoms with Crippen molar-refractivity contribution in [3.8, 4) is 11.1 Å². The third-order valence-electron chi connectivity index (χ3n) is 9.11. The molecule has 2 N–H and O–H groups in total. The molecule has 13 heteroatoms. The number of aliphatic carboxylic acids is 1. The van der Waals surface area contributed by atoms with Crippen molar-refractivity contribution in [1.82, 2.24) is 24.2 Å². The van der Waals surface area contributed by atoms with Crippen LogP contribution in [0, 0.1) is 25.7 Å². The highest BCUT2D eigenvalue weighted by atomic mass is 19.4. The first-order chi connectivity index (χ1) is 23.2. The predicted octanol–water partition coefficient (Wildman–Crippen LogP) is 6.16. The molecule has 1 saturated heterocycles. The number of hydrogen-bond acceptors (Lipinski definition) is 5. The molecule has 0 unspecified atom stereocenters. The maximum atomic E-state index is 14.1. The first kappa shape index (κ1) is 35.8. The van der Waals surface area contributed by atoms with Crippen molar-refractivity contribution in [3.63, 3.8) is 0 Å². The number of benzene rings is 1. The Morgan fingerprint density at radius 3 is 2.41 bits per heavy atom. The van der Waals surface area contributed by atoms with Crippen LogP contribution in [0.2, 0.25) is 0 Å². The van der Waals surface area contributed by atoms with Gasteiger partial charge < -0.3 is 24.3 Å². The number of carboxylic acids is 1. The summed E-state index contributed by atoms with van der Waals surface area (Å²) < 4.78 is 58.0. The summed E-state index contributed by atoms with van der Waals surface area (Å²) >= 11 is 0. The molecule has 0 spiro atoms. The lowest BCUT2D eigenvalue weighted by molar-refractivity contribution is -0.139. The summed E-state index contributed by atoms with van der Waals surface area (Å²) in [7, 11) is 0. The van der Waals surface area contributed by atoms with E-state index in [1.807, 2.05) is 50.8 Å². The Hall–Kier alpha value is -4.52. The number of carbonyl (C=O) groups excluding carboxylic acids is 1. The Labute approximate surface area is 281 Å². The zero-order valence-electron chi connectivity index (χ0n) is 27.9. The van der Waals surface area contributed by atoms with Crippen molar-refractivity contribution in [3.05, 3.63) is 93.3 Å². The van der Waals surface area contributed by atoms with Crippen LogP contribution in [-0.4, -0.2) is 62.1 Å². The molecule has 5 rings (SSSR count). The van der Waals surface area contributed by atoms with E-state index in [4.69, 9.17) is 0 Å². The van der Waals surface area contributed by atoms with Gasteiger partial charge >= 0.3 is 12.1 Å². The van der Waals surface area contributed by atoms with Crippen molar-refractivity contribution >= 4 is 17.5 Å². The van der Waals surface area contributed by atoms with Gasteiger partial charge in [0.05, 0.1) is 24.7 Å². The SMILES string of the molecule is Cc1cccc(C)c1-c1cc([C@@H](CC(=O)O)NC(=O)[C@H](CC(C)C)n2cc(CCN3CC(CF)C3)c(C(F)(F)F)cc2=O)cn2ccnc12. The van der Waals surface area contributed by atoms with E-state index in [9.17, 15) is 37.1 Å². The average Bonchev–Trinajstić information content (AvgIpc) is 3.47. The molecule has 1 fully saturated rings. The molecule has 0 aliphatic carbocycles. The summed E-state index contributed by atoms with van der Waals surface area (Å²) in [5.41, 5.74) is 2.51. The molecule has 9 nitrogen and oxygen atoms in total. The Kier molecular flexibility index (Phi) is 10.6. The third kappa shape index (κ3) is 8.04. The molecule has 262 valence electrons. The summed E-state index contributed by atoms with van der Waals surface area (Å²) in [5, 5.41) is 12.7. The van der Waals surface area contributed by atoms with Gasteiger partial charge in [0.25, 0.3) is 5.56 Å². The highest BCUT2D eigenvalue weighted by Gasteiger charge is 2.36. The van der Waals surface area contributed by atoms with Crippen molar-refractivity contribution in [2.45, 2.75) is 65.2 Å². The number of pyridine rings is 2. The van der Waals surface area contributed by atoms with Gasteiger partial charge in [0.2, 0.25) is 5.91 Å². The van der Waals surface area contributed by atoms with Crippen LogP contribution in [0.1, 0.15) is 66.6 Å². The molecular formula is C36H41F4N5O4. The Bertz CT molecular complexity index is 1870. The van der Waals surface area contributed by atoms with E-state index in [0.29, 0.717) is 30.4 Å². The Morgan fingerprint density at radius 1 is 1.10 bits per heavy atom. The predicted molar refractivity (Wildman–Crippen MR) is 177 cm³/mol. The third-order valence-corrected chi connectivity index (χ3v) is 9.11. The summed E-state index contributed by atoms with van der Waals surface area (Å²) in [6.07, 6.45) is 0.894. The molecule has 1 amide bonds. The van der Waals surface area contributed by atoms with Crippen LogP contribution in [-0.2, 0) is 22.2 Å². The lowest BCUT2D eigenvalue weighted by Gasteiger charge is -2.38. The molecule has 0 bridgehead atoms. The van der Waals surface area contributed by atoms with Crippen LogP contribution in [0.5, 0.6) is 0 Å². The quantitative estimate of drug-likeness (QED) is 0.164. The van der Waals surface area contributed by atoms with E-state index in [-0.39, 0.29) is 36.8 Å². The maximum Gasteiger partial charge on any atom is 0.416 e. The van der Waals surface area contributed by atoms with Crippen LogP contribution in [0.15, 0.2) is 59.9 Å². The monoisotopic (exact) mass is 683 g/mol. The molecule has 4 heterocycles. The standard InChI is InChI=1S/C36H41F4N5O4/c1-21(2)12-30(45-20-25(8-10-43-17-24(16-37)18-43)28(14-31(45)46)36(38,39)40)35(49)42-29(15-32(47)48)26-13-27(34-41-9-11-44(34)19-26)33-22(3)6-5-7-23(33)4/h5-7,9,11,13-14,19-21,24,29-30H,8,10,12,15-18H2,1-4H3,(H,42,49)(H,47,48)/t29-,30+/m1/s1. The number of fused-ring (bicyclic) bond motifs is 1. The van der Waals surface area contributed by atoms with Gasteiger partial charge in [-0.05, 0) is 66.5 Å². The van der Waals surface area contributed by atoms with Crippen molar-refractivity contribution < 1.29 is 32.3 Å². The molecule has 4 aromatic rings. The number of hydrogen-bond donors (Lipinski definition) is 2. The molecule has 3 aromatic heterocycles. The summed E-state index contributed by atoms with van der Waals surface area (Å²) in [4.78, 5) is 45.9. The van der Waals surface area contributed by atoms with E-state index in [1.165, 1.54) is 0 Å². The van der Waals surface area contributed by atoms with Gasteiger partial charge in [0.1, 0.15) is 11.7 Å². The van der Waals surface area contributed by atoms with Gasteiger partial charge in [-0.15, -0.1) is 0 Å². The Balaban J connectivity index is 1.53. The van der Waals surface area contributed by atoms with Crippen LogP contribution in [0.3, 0.4) is 0 Å². The second-order valence-electron chi connectivity index (χ2n) is 13.4. The lowest BCUT2D eigenvalue weighted by Crippen LogP contribution is -2.48. The molecule has 0 radical (unpaired) electrons. The van der Waals surface area contributed by atoms with E-state index < -0.39 is 54.4 Å². The van der Waals surface area contributed by atoms with Gasteiger partial charge in [0.15, 0.2) is 0 Å². The van der Waals surface area contributed by atoms with E-state index in [0.717, 1.165) is 33.0 Å². The zero-order chi connectivity index (χ0) is 35.6. The number of imidazole rings is 1. The number of nitrogens with zero attached hydrogens (tertiary/aromatic N) is 4. The number of carbonyl (C=O) groups is 2. The first-order valence-electron chi connectivity index (χ1n) is 16.3. The second kappa shape index (κ2) is 14.5. The summed E-state index contributed by atoms with van der Waals surface area (Å²) in [6, 6.07) is 5.91. The second-order valence-corrected chi connectivity index (χ2v) is 13.4. The molecule has 1 aliphatic rings. The number of nitrogens with one attached hydrogen (secondary N) is 1. The molecule has 49 heavy (non-hydrogen) atoms. The fraction of sp³-hybridized carbons (Fsp3) is 0.444. The molecule has 1 aliphatic heterocycles.